The van der Waals surface area contributed by atoms with Gasteiger partial charge in [0.25, 0.3) is 17.4 Å². The maximum atomic E-state index is 14.7. The Morgan fingerprint density at radius 1 is 0.371 bits per heavy atom. The van der Waals surface area contributed by atoms with Crippen molar-refractivity contribution in [1.82, 2.24) is 21.3 Å². The predicted octanol–water partition coefficient (Wildman–Crippen LogP) is -6.94. The highest BCUT2D eigenvalue weighted by Crippen LogP contribution is 2.46. The number of carboxylic acids is 3. The standard InChI is InChI=1S/C92H160N4O47/c1-7-9-11-13-15-17-19-20-22-23-25-27-29-31-51(108)50(96-62(113)32-30-28-26-24-21-18-16-14-12-10-8-2)44-130-84-74(122)72(120)77(60(42-102)133-84)136-86-75(123)82(78(61(43-103)134-86)137-83-49(33-45(3)104)76(68(116)57(39-99)131-83)135-85-73(121)71(119)67(115)56(38-98)132-85)143-92(89(128)129)36-54(111)65(95-48(6)107)81(142-92)70(118)59(41-101)139-91(88(126)127)35-53(110)64(94-47(5)106)80(141-91)69(117)58(40-100)138-90(87(124)125)34-52(109)63(93-46(4)105)79(140-90)66(114)55(112)37-97/h49-61,63-86,97-103,108-112,114-123H,7-44H2,1-6H3,(H,93,105)(H,94,106)(H,95,107)(H,96,113)(H,124,125)(H,126,127)(H,128,129)/t49-,50+,51-,52+,53+,54+,55-,56-,57-,58-,59-,60-,61-,63-,64-,65-,66-,67+,68+,69-,70-,71+,72-,73-,74-,75-,76-,77-,78+,79?,80?,81?,82-,83+,84-,85+,86+,90-,91-,92+/m1/s1. The molecular weight excluding hydrogens is 1910 g/mol. The number of amides is 4. The zero-order valence-electron chi connectivity index (χ0n) is 81.9. The molecule has 0 aromatic carbocycles. The molecule has 51 nitrogen and oxygen atoms in total. The summed E-state index contributed by atoms with van der Waals surface area (Å²) in [5.41, 5.74) is 0. The van der Waals surface area contributed by atoms with Gasteiger partial charge in [-0.3, -0.25) is 19.2 Å². The van der Waals surface area contributed by atoms with Crippen LogP contribution >= 0.6 is 0 Å². The summed E-state index contributed by atoms with van der Waals surface area (Å²) >= 11 is 0. The van der Waals surface area contributed by atoms with Crippen molar-refractivity contribution in [1.29, 1.82) is 0 Å². The number of ether oxygens (including phenoxy) is 14. The van der Waals surface area contributed by atoms with E-state index >= 15 is 0 Å². The van der Waals surface area contributed by atoms with Crippen LogP contribution in [0.3, 0.4) is 0 Å². The molecule has 143 heavy (non-hydrogen) atoms. The fraction of sp³-hybridized carbons (Fsp3) is 0.913. The zero-order chi connectivity index (χ0) is 106. The molecule has 40 atom stereocenters. The smallest absolute Gasteiger partial charge is 0.364 e. The van der Waals surface area contributed by atoms with Crippen LogP contribution in [-0.4, -0.2) is 465 Å². The maximum Gasteiger partial charge on any atom is 0.364 e. The summed E-state index contributed by atoms with van der Waals surface area (Å²) in [6.45, 7) is -2.13. The number of carbonyl (C=O) groups is 8. The minimum absolute atomic E-state index is 0.0788. The molecule has 0 radical (unpaired) electrons. The number of unbranched alkanes of at least 4 members (excludes halogenated alkanes) is 22. The second-order valence-corrected chi connectivity index (χ2v) is 38.5. The third-order valence-electron chi connectivity index (χ3n) is 27.2. The Kier molecular flexibility index (Phi) is 52.7. The first kappa shape index (κ1) is 124. The summed E-state index contributed by atoms with van der Waals surface area (Å²) in [6, 6.07) is -7.36. The van der Waals surface area contributed by atoms with Crippen molar-refractivity contribution in [2.45, 2.75) is 472 Å². The summed E-state index contributed by atoms with van der Waals surface area (Å²) in [5.74, 6) is -24.2. The summed E-state index contributed by atoms with van der Waals surface area (Å²) in [6.07, 6.45) is -53.9. The monoisotopic (exact) mass is 2070 g/mol. The van der Waals surface area contributed by atoms with Crippen LogP contribution in [0.2, 0.25) is 0 Å². The van der Waals surface area contributed by atoms with Crippen LogP contribution in [0, 0.1) is 5.92 Å². The van der Waals surface area contributed by atoms with Gasteiger partial charge in [-0.1, -0.05) is 162 Å². The lowest BCUT2D eigenvalue weighted by Crippen LogP contribution is -2.72. The van der Waals surface area contributed by atoms with Crippen LogP contribution in [0.15, 0.2) is 0 Å². The number of hydrogen-bond acceptors (Lipinski definition) is 44. The average Bonchev–Trinajstić information content (AvgIpc) is 0.741. The molecule has 3 unspecified atom stereocenters. The van der Waals surface area contributed by atoms with Gasteiger partial charge in [0.05, 0.1) is 108 Å². The lowest BCUT2D eigenvalue weighted by molar-refractivity contribution is -0.407. The van der Waals surface area contributed by atoms with E-state index in [2.05, 4.69) is 35.1 Å². The van der Waals surface area contributed by atoms with E-state index in [0.717, 1.165) is 111 Å². The predicted molar refractivity (Wildman–Crippen MR) is 484 cm³/mol. The van der Waals surface area contributed by atoms with Gasteiger partial charge in [0, 0.05) is 58.8 Å². The van der Waals surface area contributed by atoms with Gasteiger partial charge in [-0.05, 0) is 19.8 Å². The average molecular weight is 2070 g/mol. The van der Waals surface area contributed by atoms with Gasteiger partial charge in [-0.2, -0.15) is 0 Å². The van der Waals surface area contributed by atoms with Crippen molar-refractivity contribution >= 4 is 47.3 Å². The van der Waals surface area contributed by atoms with E-state index in [9.17, 15) is 166 Å². The van der Waals surface area contributed by atoms with E-state index in [-0.39, 0.29) is 12.8 Å². The molecule has 29 N–H and O–H groups in total. The molecule has 7 aliphatic rings. The Morgan fingerprint density at radius 3 is 1.15 bits per heavy atom. The molecule has 830 valence electrons. The molecule has 4 amide bonds. The summed E-state index contributed by atoms with van der Waals surface area (Å²) in [5, 5.41) is 296. The summed E-state index contributed by atoms with van der Waals surface area (Å²) in [7, 11) is 0. The number of hydrogen-bond donors (Lipinski definition) is 29. The number of carboxylic acid groups (broad SMARTS) is 3. The van der Waals surface area contributed by atoms with Gasteiger partial charge in [0.15, 0.2) is 25.2 Å². The van der Waals surface area contributed by atoms with E-state index < -0.39 is 369 Å². The molecule has 0 saturated carbocycles. The minimum atomic E-state index is -3.80. The van der Waals surface area contributed by atoms with E-state index in [1.807, 2.05) is 0 Å². The first-order chi connectivity index (χ1) is 67.9. The van der Waals surface area contributed by atoms with Crippen LogP contribution in [0.25, 0.3) is 0 Å². The fourth-order valence-electron chi connectivity index (χ4n) is 19.3. The number of aliphatic hydroxyl groups is 22. The minimum Gasteiger partial charge on any atom is -0.477 e. The van der Waals surface area contributed by atoms with Gasteiger partial charge < -0.3 is 220 Å². The van der Waals surface area contributed by atoms with Crippen LogP contribution in [0.5, 0.6) is 0 Å². The fourth-order valence-corrected chi connectivity index (χ4v) is 19.3. The van der Waals surface area contributed by atoms with Gasteiger partial charge in [-0.15, -0.1) is 0 Å². The summed E-state index contributed by atoms with van der Waals surface area (Å²) < 4.78 is 84.4. The molecule has 0 aromatic heterocycles. The number of nitrogens with one attached hydrogen (secondary N) is 4. The Hall–Kier alpha value is -5.48. The second kappa shape index (κ2) is 60.5. The third-order valence-corrected chi connectivity index (χ3v) is 27.2. The van der Waals surface area contributed by atoms with Crippen LogP contribution < -0.4 is 21.3 Å². The second-order valence-electron chi connectivity index (χ2n) is 38.5. The number of carbonyl (C=O) groups excluding carboxylic acids is 5. The van der Waals surface area contributed by atoms with E-state index in [1.165, 1.54) is 57.8 Å². The first-order valence-corrected chi connectivity index (χ1v) is 49.9. The van der Waals surface area contributed by atoms with Gasteiger partial charge in [0.2, 0.25) is 23.6 Å². The number of rotatable bonds is 64. The molecule has 7 saturated heterocycles. The number of aliphatic carboxylic acids is 3. The van der Waals surface area contributed by atoms with E-state index in [0.29, 0.717) is 12.8 Å². The zero-order valence-corrected chi connectivity index (χ0v) is 81.9. The lowest BCUT2D eigenvalue weighted by Gasteiger charge is -2.53. The lowest BCUT2D eigenvalue weighted by atomic mass is 9.86. The van der Waals surface area contributed by atoms with Crippen molar-refractivity contribution in [2.24, 2.45) is 5.92 Å². The topological polar surface area (TPSA) is 820 Å². The molecule has 0 aliphatic carbocycles. The first-order valence-electron chi connectivity index (χ1n) is 49.9. The van der Waals surface area contributed by atoms with Crippen molar-refractivity contribution in [3.05, 3.63) is 0 Å². The highest BCUT2D eigenvalue weighted by atomic mass is 16.8. The molecule has 51 heteroatoms. The highest BCUT2D eigenvalue weighted by molar-refractivity contribution is 5.79. The normalized spacial score (nSPS) is 36.1. The number of aliphatic hydroxyl groups excluding tert-OH is 22. The van der Waals surface area contributed by atoms with Crippen molar-refractivity contribution in [3.8, 4) is 0 Å². The van der Waals surface area contributed by atoms with E-state index in [4.69, 9.17) is 66.3 Å². The third kappa shape index (κ3) is 34.3. The Morgan fingerprint density at radius 2 is 0.734 bits per heavy atom. The number of Topliss-reactive ketones (excluding diaryl/α,β-unsaturated/α-hetero) is 1. The van der Waals surface area contributed by atoms with Crippen LogP contribution in [-0.2, 0) is 105 Å². The quantitative estimate of drug-likeness (QED) is 0.0252. The van der Waals surface area contributed by atoms with Crippen molar-refractivity contribution in [3.63, 3.8) is 0 Å². The molecule has 7 aliphatic heterocycles. The van der Waals surface area contributed by atoms with Crippen molar-refractivity contribution in [2.75, 3.05) is 52.9 Å². The molecular formula is C92H160N4O47. The molecule has 0 spiro atoms. The highest BCUT2D eigenvalue weighted by Gasteiger charge is 2.66. The summed E-state index contributed by atoms with van der Waals surface area (Å²) in [4.78, 5) is 108. The molecule has 7 heterocycles. The van der Waals surface area contributed by atoms with Gasteiger partial charge >= 0.3 is 17.9 Å². The largest absolute Gasteiger partial charge is 0.477 e. The Bertz CT molecular complexity index is 3780. The molecule has 0 aromatic rings. The van der Waals surface area contributed by atoms with Crippen LogP contribution in [0.4, 0.5) is 0 Å². The molecule has 7 rings (SSSR count). The van der Waals surface area contributed by atoms with Gasteiger partial charge in [-0.25, -0.2) is 14.4 Å². The van der Waals surface area contributed by atoms with Gasteiger partial charge in [0.1, 0.15) is 146 Å². The number of ketones is 1. The molecule has 7 fully saturated rings. The Labute approximate surface area is 828 Å². The van der Waals surface area contributed by atoms with Crippen molar-refractivity contribution < 1.29 is 232 Å². The maximum absolute atomic E-state index is 14.7. The van der Waals surface area contributed by atoms with E-state index in [1.54, 1.807) is 0 Å². The Balaban J connectivity index is 1.25. The SMILES string of the molecule is CCCCCCCCCCCCCCC[C@@H](O)[C@H](CO[C@@H]1O[C@H](CO)[C@@H](O[C@@H]2O[C@H](CO)[C@H](O[C@@H]3O[C@H](CO)[C@H](O)[C@H](O[C@@H]4O[C@H](CO)[C@H](O)[C@H](O)[C@H]4O)[C@H]3CC(C)=O)[C@H](O[C@]3(C(=O)O)C[C@H](O)[C@@H](NC(C)=O)C([C@H](O)[C@@H](CO)O[C@]4(C(=O)O)C[C@H](O)[C@@H](NC(C)=O)C([C@H](O)[C@@H](CO)O[C@]5(C(=O)O)C[C@H](O)[C@@H](NC(C)=O)C([C@H](O)[C@H](O)CO)O5)O4)O3)[C@H]2O)[C@H](O)[C@H]1O)NC(=O)CCCCCCCCCCCCC. The van der Waals surface area contributed by atoms with Crippen LogP contribution in [0.1, 0.15) is 234 Å². The molecule has 0 bridgehead atoms.